The van der Waals surface area contributed by atoms with Crippen LogP contribution in [0, 0.1) is 5.92 Å². The number of alkyl halides is 1. The van der Waals surface area contributed by atoms with Crippen LogP contribution in [0.15, 0.2) is 30.3 Å². The van der Waals surface area contributed by atoms with Gasteiger partial charge in [-0.25, -0.2) is 4.39 Å². The molecular formula is C12H12FNO3. The molecule has 0 radical (unpaired) electrons. The normalized spacial score (nSPS) is 21.4. The quantitative estimate of drug-likeness (QED) is 0.804. The zero-order chi connectivity index (χ0) is 12.3. The number of benzene rings is 1. The van der Waals surface area contributed by atoms with Crippen molar-refractivity contribution in [3.8, 4) is 0 Å². The lowest BCUT2D eigenvalue weighted by Gasteiger charge is -2.20. The van der Waals surface area contributed by atoms with Crippen LogP contribution >= 0.6 is 0 Å². The van der Waals surface area contributed by atoms with E-state index in [-0.39, 0.29) is 12.3 Å². The average Bonchev–Trinajstić information content (AvgIpc) is 2.66. The molecule has 1 saturated heterocycles. The van der Waals surface area contributed by atoms with Crippen LogP contribution in [0.5, 0.6) is 0 Å². The molecule has 1 aromatic carbocycles. The second kappa shape index (κ2) is 5.05. The van der Waals surface area contributed by atoms with Gasteiger partial charge < -0.3 is 4.74 Å². The standard InChI is InChI=1S/C12H12FNO3/c13-7-17-11(8-4-2-1-3-5-8)9-6-10(15)14-12(9)16/h1-5,9,11H,6-7H2,(H,14,15,16). The van der Waals surface area contributed by atoms with Gasteiger partial charge in [0.15, 0.2) is 6.86 Å². The summed E-state index contributed by atoms with van der Waals surface area (Å²) in [5, 5.41) is 2.20. The van der Waals surface area contributed by atoms with E-state index in [4.69, 9.17) is 4.74 Å². The van der Waals surface area contributed by atoms with Gasteiger partial charge >= 0.3 is 0 Å². The zero-order valence-electron chi connectivity index (χ0n) is 9.06. The van der Waals surface area contributed by atoms with E-state index in [1.54, 1.807) is 24.3 Å². The molecule has 0 bridgehead atoms. The number of nitrogens with one attached hydrogen (secondary N) is 1. The summed E-state index contributed by atoms with van der Waals surface area (Å²) in [7, 11) is 0. The number of amides is 2. The molecule has 5 heteroatoms. The van der Waals surface area contributed by atoms with E-state index in [1.165, 1.54) is 0 Å². The Morgan fingerprint density at radius 2 is 2.06 bits per heavy atom. The Balaban J connectivity index is 2.23. The highest BCUT2D eigenvalue weighted by Crippen LogP contribution is 2.31. The summed E-state index contributed by atoms with van der Waals surface area (Å²) in [6.45, 7) is -0.989. The van der Waals surface area contributed by atoms with Crippen LogP contribution in [-0.4, -0.2) is 18.7 Å². The number of carbonyl (C=O) groups excluding carboxylic acids is 2. The molecule has 1 aliphatic heterocycles. The summed E-state index contributed by atoms with van der Waals surface area (Å²) in [4.78, 5) is 22.7. The van der Waals surface area contributed by atoms with Crippen molar-refractivity contribution < 1.29 is 18.7 Å². The van der Waals surface area contributed by atoms with Gasteiger partial charge in [-0.15, -0.1) is 0 Å². The van der Waals surface area contributed by atoms with Gasteiger partial charge in [-0.1, -0.05) is 30.3 Å². The van der Waals surface area contributed by atoms with Gasteiger partial charge in [0.25, 0.3) is 0 Å². The largest absolute Gasteiger partial charge is 0.342 e. The summed E-state index contributed by atoms with van der Waals surface area (Å²) >= 11 is 0. The van der Waals surface area contributed by atoms with Crippen LogP contribution < -0.4 is 5.32 Å². The zero-order valence-corrected chi connectivity index (χ0v) is 9.06. The van der Waals surface area contributed by atoms with Crippen molar-refractivity contribution >= 4 is 11.8 Å². The maximum Gasteiger partial charge on any atom is 0.233 e. The van der Waals surface area contributed by atoms with E-state index in [9.17, 15) is 14.0 Å². The molecule has 1 heterocycles. The van der Waals surface area contributed by atoms with E-state index in [0.29, 0.717) is 5.56 Å². The molecule has 0 aliphatic carbocycles. The molecule has 1 N–H and O–H groups in total. The second-order valence-electron chi connectivity index (χ2n) is 3.83. The lowest BCUT2D eigenvalue weighted by Crippen LogP contribution is -2.26. The molecule has 1 aliphatic rings. The van der Waals surface area contributed by atoms with E-state index in [1.807, 2.05) is 6.07 Å². The number of hydrogen-bond donors (Lipinski definition) is 1. The van der Waals surface area contributed by atoms with Crippen LogP contribution in [0.1, 0.15) is 18.1 Å². The molecule has 0 spiro atoms. The first-order valence-electron chi connectivity index (χ1n) is 5.28. The molecule has 1 aromatic rings. The highest BCUT2D eigenvalue weighted by Gasteiger charge is 2.38. The number of ether oxygens (including phenoxy) is 1. The molecule has 2 rings (SSSR count). The molecular weight excluding hydrogens is 225 g/mol. The van der Waals surface area contributed by atoms with Gasteiger partial charge in [0.1, 0.15) is 0 Å². The fourth-order valence-electron chi connectivity index (χ4n) is 1.97. The van der Waals surface area contributed by atoms with Crippen molar-refractivity contribution in [3.63, 3.8) is 0 Å². The third-order valence-corrected chi connectivity index (χ3v) is 2.74. The lowest BCUT2D eigenvalue weighted by atomic mass is 9.94. The number of halogens is 1. The van der Waals surface area contributed by atoms with E-state index < -0.39 is 24.8 Å². The summed E-state index contributed by atoms with van der Waals surface area (Å²) in [6, 6.07) is 8.86. The van der Waals surface area contributed by atoms with Crippen molar-refractivity contribution in [3.05, 3.63) is 35.9 Å². The van der Waals surface area contributed by atoms with Crippen molar-refractivity contribution in [2.24, 2.45) is 5.92 Å². The van der Waals surface area contributed by atoms with Crippen molar-refractivity contribution in [1.82, 2.24) is 5.32 Å². The van der Waals surface area contributed by atoms with Crippen molar-refractivity contribution in [2.45, 2.75) is 12.5 Å². The molecule has 0 saturated carbocycles. The molecule has 2 amide bonds. The van der Waals surface area contributed by atoms with E-state index in [2.05, 4.69) is 5.32 Å². The van der Waals surface area contributed by atoms with Crippen LogP contribution in [0.3, 0.4) is 0 Å². The Hall–Kier alpha value is -1.75. The summed E-state index contributed by atoms with van der Waals surface area (Å²) in [5.74, 6) is -1.40. The third kappa shape index (κ3) is 2.50. The highest BCUT2D eigenvalue weighted by molar-refractivity contribution is 6.03. The smallest absolute Gasteiger partial charge is 0.233 e. The van der Waals surface area contributed by atoms with Gasteiger partial charge in [-0.3, -0.25) is 14.9 Å². The molecule has 90 valence electrons. The highest BCUT2D eigenvalue weighted by atomic mass is 19.1. The van der Waals surface area contributed by atoms with Gasteiger partial charge in [-0.05, 0) is 5.56 Å². The Kier molecular flexibility index (Phi) is 3.49. The molecule has 2 unspecified atom stereocenters. The van der Waals surface area contributed by atoms with E-state index >= 15 is 0 Å². The topological polar surface area (TPSA) is 55.4 Å². The Labute approximate surface area is 97.8 Å². The summed E-state index contributed by atoms with van der Waals surface area (Å²) in [5.41, 5.74) is 0.694. The second-order valence-corrected chi connectivity index (χ2v) is 3.83. The first kappa shape index (κ1) is 11.7. The number of imide groups is 1. The third-order valence-electron chi connectivity index (χ3n) is 2.74. The molecule has 17 heavy (non-hydrogen) atoms. The summed E-state index contributed by atoms with van der Waals surface area (Å²) in [6.07, 6.45) is -0.675. The Morgan fingerprint density at radius 3 is 2.59 bits per heavy atom. The minimum absolute atomic E-state index is 0.0401. The van der Waals surface area contributed by atoms with Crippen LogP contribution in [-0.2, 0) is 14.3 Å². The molecule has 0 aromatic heterocycles. The van der Waals surface area contributed by atoms with Gasteiger partial charge in [0.2, 0.25) is 11.8 Å². The van der Waals surface area contributed by atoms with E-state index in [0.717, 1.165) is 0 Å². The average molecular weight is 237 g/mol. The fraction of sp³-hybridized carbons (Fsp3) is 0.333. The predicted molar refractivity (Wildman–Crippen MR) is 57.5 cm³/mol. The van der Waals surface area contributed by atoms with Gasteiger partial charge in [0.05, 0.1) is 12.0 Å². The van der Waals surface area contributed by atoms with Crippen molar-refractivity contribution in [2.75, 3.05) is 6.86 Å². The van der Waals surface area contributed by atoms with Gasteiger partial charge in [0, 0.05) is 6.42 Å². The SMILES string of the molecule is O=C1CC(C(OCF)c2ccccc2)C(=O)N1. The minimum Gasteiger partial charge on any atom is -0.342 e. The fourth-order valence-corrected chi connectivity index (χ4v) is 1.97. The molecule has 4 nitrogen and oxygen atoms in total. The van der Waals surface area contributed by atoms with Crippen molar-refractivity contribution in [1.29, 1.82) is 0 Å². The summed E-state index contributed by atoms with van der Waals surface area (Å²) < 4.78 is 17.3. The molecule has 1 fully saturated rings. The molecule has 2 atom stereocenters. The monoisotopic (exact) mass is 237 g/mol. The minimum atomic E-state index is -0.989. The number of hydrogen-bond acceptors (Lipinski definition) is 3. The Bertz CT molecular complexity index is 421. The van der Waals surface area contributed by atoms with Gasteiger partial charge in [-0.2, -0.15) is 0 Å². The maximum absolute atomic E-state index is 12.4. The van der Waals surface area contributed by atoms with Crippen LogP contribution in [0.4, 0.5) is 4.39 Å². The predicted octanol–water partition coefficient (Wildman–Crippen LogP) is 1.33. The Morgan fingerprint density at radius 1 is 1.35 bits per heavy atom. The lowest BCUT2D eigenvalue weighted by molar-refractivity contribution is -0.129. The maximum atomic E-state index is 12.4. The number of carbonyl (C=O) groups is 2. The number of rotatable bonds is 4. The first-order chi connectivity index (χ1) is 8.22. The van der Waals surface area contributed by atoms with Crippen LogP contribution in [0.2, 0.25) is 0 Å². The van der Waals surface area contributed by atoms with Crippen LogP contribution in [0.25, 0.3) is 0 Å². The first-order valence-corrected chi connectivity index (χ1v) is 5.28.